The zero-order valence-corrected chi connectivity index (χ0v) is 17.3. The van der Waals surface area contributed by atoms with E-state index >= 15 is 0 Å². The summed E-state index contributed by atoms with van der Waals surface area (Å²) in [4.78, 5) is 19.3. The Labute approximate surface area is 179 Å². The van der Waals surface area contributed by atoms with E-state index in [1.165, 1.54) is 6.33 Å². The molecule has 10 heteroatoms. The summed E-state index contributed by atoms with van der Waals surface area (Å²) in [6, 6.07) is 7.32. The number of hydrogen-bond acceptors (Lipinski definition) is 9. The van der Waals surface area contributed by atoms with E-state index in [4.69, 9.17) is 29.2 Å². The van der Waals surface area contributed by atoms with Gasteiger partial charge in [0.2, 0.25) is 0 Å². The van der Waals surface area contributed by atoms with Gasteiger partial charge in [-0.1, -0.05) is 5.16 Å². The van der Waals surface area contributed by atoms with Gasteiger partial charge in [0.1, 0.15) is 17.5 Å². The number of rotatable bonds is 5. The summed E-state index contributed by atoms with van der Waals surface area (Å²) in [5.74, 6) is 2.44. The largest absolute Gasteiger partial charge is 0.493 e. The molecule has 0 bridgehead atoms. The Morgan fingerprint density at radius 2 is 2.19 bits per heavy atom. The fourth-order valence-electron chi connectivity index (χ4n) is 3.60. The third kappa shape index (κ3) is 5.01. The fourth-order valence-corrected chi connectivity index (χ4v) is 3.60. The number of carbonyl (C=O) groups is 1. The summed E-state index contributed by atoms with van der Waals surface area (Å²) in [6.45, 7) is 3.97. The summed E-state index contributed by atoms with van der Waals surface area (Å²) in [5.41, 5.74) is 1.86. The third-order valence-corrected chi connectivity index (χ3v) is 5.01. The van der Waals surface area contributed by atoms with Crippen LogP contribution in [0.5, 0.6) is 11.5 Å². The number of fused-ring (bicyclic) bond motifs is 1. The highest BCUT2D eigenvalue weighted by Crippen LogP contribution is 2.31. The van der Waals surface area contributed by atoms with E-state index in [0.717, 1.165) is 42.8 Å². The topological polar surface area (TPSA) is 135 Å². The monoisotopic (exact) mass is 425 g/mol. The smallest absolute Gasteiger partial charge is 0.290 e. The van der Waals surface area contributed by atoms with Crippen molar-refractivity contribution >= 4 is 23.4 Å². The summed E-state index contributed by atoms with van der Waals surface area (Å²) in [7, 11) is 1.58. The number of piperidine rings is 1. The second-order valence-corrected chi connectivity index (χ2v) is 6.99. The number of carboxylic acid groups (broad SMARTS) is 1. The van der Waals surface area contributed by atoms with Gasteiger partial charge in [-0.2, -0.15) is 10.2 Å². The van der Waals surface area contributed by atoms with Gasteiger partial charge in [0.05, 0.1) is 31.0 Å². The Kier molecular flexibility index (Phi) is 7.22. The highest BCUT2D eigenvalue weighted by molar-refractivity contribution is 5.87. The molecule has 1 aliphatic heterocycles. The summed E-state index contributed by atoms with van der Waals surface area (Å²) in [5, 5.41) is 20.8. The average Bonchev–Trinajstić information content (AvgIpc) is 3.19. The lowest BCUT2D eigenvalue weighted by molar-refractivity contribution is -0.122. The molecule has 4 rings (SSSR count). The van der Waals surface area contributed by atoms with Crippen molar-refractivity contribution in [1.82, 2.24) is 15.1 Å². The lowest BCUT2D eigenvalue weighted by Gasteiger charge is -2.33. The van der Waals surface area contributed by atoms with Crippen LogP contribution in [0.25, 0.3) is 11.1 Å². The number of aryl methyl sites for hydroxylation is 1. The van der Waals surface area contributed by atoms with Crippen molar-refractivity contribution < 1.29 is 23.9 Å². The fraction of sp³-hybridized carbons (Fsp3) is 0.381. The zero-order valence-electron chi connectivity index (χ0n) is 17.3. The van der Waals surface area contributed by atoms with Crippen molar-refractivity contribution in [1.29, 1.82) is 5.26 Å². The van der Waals surface area contributed by atoms with Gasteiger partial charge in [-0.25, -0.2) is 4.98 Å². The van der Waals surface area contributed by atoms with Crippen molar-refractivity contribution in [2.45, 2.75) is 19.8 Å². The normalized spacial score (nSPS) is 15.5. The Morgan fingerprint density at radius 1 is 1.39 bits per heavy atom. The number of hydrogen-bond donors (Lipinski definition) is 1. The molecular formula is C21H23N5O5. The number of benzene rings is 1. The van der Waals surface area contributed by atoms with Gasteiger partial charge in [-0.3, -0.25) is 4.79 Å². The van der Waals surface area contributed by atoms with Crippen LogP contribution in [0, 0.1) is 24.2 Å². The molecule has 3 aromatic rings. The predicted molar refractivity (Wildman–Crippen MR) is 111 cm³/mol. The van der Waals surface area contributed by atoms with Crippen LogP contribution in [-0.2, 0) is 4.79 Å². The second-order valence-electron chi connectivity index (χ2n) is 6.99. The molecule has 1 fully saturated rings. The molecule has 1 aliphatic rings. The molecule has 2 aromatic heterocycles. The Hall–Kier alpha value is -3.87. The first kappa shape index (κ1) is 21.8. The number of nitrogens with zero attached hydrogens (tertiary/aromatic N) is 5. The molecule has 1 N–H and O–H groups in total. The first-order valence-electron chi connectivity index (χ1n) is 9.72. The maximum atomic E-state index is 9.03. The van der Waals surface area contributed by atoms with E-state index < -0.39 is 0 Å². The Balaban J connectivity index is 0.000000858. The summed E-state index contributed by atoms with van der Waals surface area (Å²) < 4.78 is 16.6. The van der Waals surface area contributed by atoms with E-state index in [9.17, 15) is 0 Å². The van der Waals surface area contributed by atoms with Crippen molar-refractivity contribution in [3.63, 3.8) is 0 Å². The van der Waals surface area contributed by atoms with Crippen LogP contribution < -0.4 is 14.4 Å². The molecule has 1 atom stereocenters. The van der Waals surface area contributed by atoms with Gasteiger partial charge in [-0.05, 0) is 31.9 Å². The lowest BCUT2D eigenvalue weighted by atomic mass is 9.98. The van der Waals surface area contributed by atoms with Crippen molar-refractivity contribution in [2.75, 3.05) is 31.7 Å². The van der Waals surface area contributed by atoms with Crippen LogP contribution in [-0.4, -0.2) is 53.5 Å². The molecule has 1 saturated heterocycles. The predicted octanol–water partition coefficient (Wildman–Crippen LogP) is 2.80. The SMILES string of the molecule is COc1cc(C#N)ccc1OCC1CCCN(c2ncnc3onc(C)c23)C1.O=CO. The van der Waals surface area contributed by atoms with Gasteiger partial charge in [0.15, 0.2) is 11.5 Å². The standard InChI is InChI=1S/C20H21N5O3.CH2O2/c1-13-18-19(22-12-23-20(18)28-24-13)25-7-3-4-15(10-25)11-27-16-6-5-14(9-21)8-17(16)26-2;2-1-3/h5-6,8,12,15H,3-4,7,10-11H2,1-2H3;1H,(H,2,3). The van der Waals surface area contributed by atoms with Crippen LogP contribution in [0.3, 0.4) is 0 Å². The Morgan fingerprint density at radius 3 is 2.94 bits per heavy atom. The van der Waals surface area contributed by atoms with Gasteiger partial charge in [0, 0.05) is 25.1 Å². The number of anilines is 1. The lowest BCUT2D eigenvalue weighted by Crippen LogP contribution is -2.38. The first-order chi connectivity index (χ1) is 15.1. The van der Waals surface area contributed by atoms with Crippen molar-refractivity contribution in [2.24, 2.45) is 5.92 Å². The van der Waals surface area contributed by atoms with Crippen molar-refractivity contribution in [3.8, 4) is 17.6 Å². The highest BCUT2D eigenvalue weighted by atomic mass is 16.5. The second kappa shape index (κ2) is 10.2. The van der Waals surface area contributed by atoms with Gasteiger partial charge < -0.3 is 24.0 Å². The van der Waals surface area contributed by atoms with E-state index in [0.29, 0.717) is 35.3 Å². The van der Waals surface area contributed by atoms with E-state index in [1.54, 1.807) is 25.3 Å². The van der Waals surface area contributed by atoms with Crippen LogP contribution in [0.15, 0.2) is 29.0 Å². The highest BCUT2D eigenvalue weighted by Gasteiger charge is 2.25. The molecule has 0 saturated carbocycles. The average molecular weight is 425 g/mol. The first-order valence-corrected chi connectivity index (χ1v) is 9.72. The molecule has 1 aromatic carbocycles. The maximum Gasteiger partial charge on any atom is 0.290 e. The summed E-state index contributed by atoms with van der Waals surface area (Å²) in [6.07, 6.45) is 3.64. The number of ether oxygens (including phenoxy) is 2. The summed E-state index contributed by atoms with van der Waals surface area (Å²) >= 11 is 0. The van der Waals surface area contributed by atoms with E-state index in [-0.39, 0.29) is 6.47 Å². The van der Waals surface area contributed by atoms with Crippen LogP contribution >= 0.6 is 0 Å². The van der Waals surface area contributed by atoms with E-state index in [2.05, 4.69) is 26.1 Å². The molecule has 10 nitrogen and oxygen atoms in total. The molecule has 0 aliphatic carbocycles. The number of nitriles is 1. The molecule has 162 valence electrons. The minimum Gasteiger partial charge on any atom is -0.493 e. The van der Waals surface area contributed by atoms with Gasteiger partial charge in [-0.15, -0.1) is 0 Å². The van der Waals surface area contributed by atoms with Gasteiger partial charge in [0.25, 0.3) is 12.2 Å². The van der Waals surface area contributed by atoms with E-state index in [1.807, 2.05) is 6.92 Å². The molecule has 0 spiro atoms. The van der Waals surface area contributed by atoms with Crippen LogP contribution in [0.4, 0.5) is 5.82 Å². The zero-order chi connectivity index (χ0) is 22.2. The minimum atomic E-state index is -0.250. The third-order valence-electron chi connectivity index (χ3n) is 5.01. The molecule has 0 radical (unpaired) electrons. The quantitative estimate of drug-likeness (QED) is 0.608. The molecule has 0 amide bonds. The number of aromatic nitrogens is 3. The molecule has 3 heterocycles. The Bertz CT molecular complexity index is 1080. The molecular weight excluding hydrogens is 402 g/mol. The van der Waals surface area contributed by atoms with Crippen LogP contribution in [0.2, 0.25) is 0 Å². The molecule has 31 heavy (non-hydrogen) atoms. The van der Waals surface area contributed by atoms with Crippen LogP contribution in [0.1, 0.15) is 24.1 Å². The van der Waals surface area contributed by atoms with Gasteiger partial charge >= 0.3 is 0 Å². The van der Waals surface area contributed by atoms with Crippen molar-refractivity contribution in [3.05, 3.63) is 35.8 Å². The maximum absolute atomic E-state index is 9.03. The molecule has 1 unspecified atom stereocenters. The number of methoxy groups -OCH3 is 1. The minimum absolute atomic E-state index is 0.250.